The second kappa shape index (κ2) is 5.81. The van der Waals surface area contributed by atoms with Crippen molar-refractivity contribution in [2.45, 2.75) is 45.2 Å². The number of hydrogen-bond acceptors (Lipinski definition) is 2. The first-order chi connectivity index (χ1) is 5.89. The Balaban J connectivity index is 4.06. The number of alkyl halides is 1. The van der Waals surface area contributed by atoms with Crippen LogP contribution in [0.25, 0.3) is 0 Å². The lowest BCUT2D eigenvalue weighted by molar-refractivity contribution is 0.291. The molecule has 1 atom stereocenters. The summed E-state index contributed by atoms with van der Waals surface area (Å²) in [6.07, 6.45) is 1.54. The lowest BCUT2D eigenvalue weighted by atomic mass is 10.3. The fourth-order valence-electron chi connectivity index (χ4n) is 1.22. The van der Waals surface area contributed by atoms with E-state index >= 15 is 0 Å². The molecule has 0 aromatic rings. The first-order valence-electron chi connectivity index (χ1n) is 4.48. The number of hydrogen-bond donors (Lipinski definition) is 0. The van der Waals surface area contributed by atoms with E-state index in [2.05, 4.69) is 24.6 Å². The zero-order valence-electron chi connectivity index (χ0n) is 8.76. The van der Waals surface area contributed by atoms with Crippen molar-refractivity contribution in [3.63, 3.8) is 0 Å². The maximum absolute atomic E-state index is 8.42. The summed E-state index contributed by atoms with van der Waals surface area (Å²) in [5.74, 6) is 0. The Bertz CT molecular complexity index is 181. The molecule has 0 N–H and O–H groups in total. The molecule has 0 aromatic heterocycles. The third kappa shape index (κ3) is 5.47. The van der Waals surface area contributed by atoms with Gasteiger partial charge in [0.05, 0.1) is 11.1 Å². The Labute approximate surface area is 88.1 Å². The van der Waals surface area contributed by atoms with Gasteiger partial charge in [-0.25, -0.2) is 0 Å². The number of nitrogens with zero attached hydrogens (tertiary/aromatic N) is 2. The summed E-state index contributed by atoms with van der Waals surface area (Å²) < 4.78 is 2.23. The molecule has 76 valence electrons. The molecule has 0 aliphatic carbocycles. The van der Waals surface area contributed by atoms with Crippen molar-refractivity contribution in [3.8, 4) is 6.07 Å². The van der Waals surface area contributed by atoms with Gasteiger partial charge in [-0.2, -0.15) is 5.26 Å². The van der Waals surface area contributed by atoms with Gasteiger partial charge in [-0.15, -0.1) is 11.6 Å². The molecule has 0 amide bonds. The molecule has 0 aliphatic heterocycles. The van der Waals surface area contributed by atoms with Crippen molar-refractivity contribution < 1.29 is 0 Å². The van der Waals surface area contributed by atoms with Crippen molar-refractivity contribution in [2.75, 3.05) is 6.16 Å². The lowest BCUT2D eigenvalue weighted by Gasteiger charge is -2.36. The topological polar surface area (TPSA) is 27.0 Å². The minimum absolute atomic E-state index is 0.304. The van der Waals surface area contributed by atoms with Crippen molar-refractivity contribution in [1.29, 1.82) is 5.26 Å². The van der Waals surface area contributed by atoms with Crippen LogP contribution in [0.1, 0.15) is 34.1 Å². The summed E-state index contributed by atoms with van der Waals surface area (Å²) in [6, 6.07) is 2.59. The summed E-state index contributed by atoms with van der Waals surface area (Å²) in [7, 11) is 0.641. The van der Waals surface area contributed by atoms with E-state index in [1.807, 2.05) is 13.8 Å². The van der Waals surface area contributed by atoms with Crippen molar-refractivity contribution >= 4 is 20.3 Å². The maximum Gasteiger partial charge on any atom is 0.0936 e. The molecule has 4 heteroatoms. The highest BCUT2D eigenvalue weighted by Gasteiger charge is 2.25. The first kappa shape index (κ1) is 13.2. The van der Waals surface area contributed by atoms with Gasteiger partial charge in [0.2, 0.25) is 0 Å². The molecular formula is C9H18ClN2P. The van der Waals surface area contributed by atoms with E-state index in [-0.39, 0.29) is 5.00 Å². The second-order valence-corrected chi connectivity index (χ2v) is 5.91. The predicted octanol–water partition coefficient (Wildman–Crippen LogP) is 3.18. The van der Waals surface area contributed by atoms with Gasteiger partial charge < -0.3 is 0 Å². The zero-order chi connectivity index (χ0) is 10.5. The highest BCUT2D eigenvalue weighted by Crippen LogP contribution is 2.34. The monoisotopic (exact) mass is 220 g/mol. The average Bonchev–Trinajstić information content (AvgIpc) is 1.94. The molecule has 0 spiro atoms. The molecule has 0 heterocycles. The van der Waals surface area contributed by atoms with Gasteiger partial charge in [-0.1, -0.05) is 0 Å². The molecule has 0 rings (SSSR count). The fraction of sp³-hybridized carbons (Fsp3) is 0.889. The molecule has 0 saturated carbocycles. The zero-order valence-corrected chi connectivity index (χ0v) is 10.5. The van der Waals surface area contributed by atoms with E-state index in [1.54, 1.807) is 0 Å². The molecule has 1 unspecified atom stereocenters. The van der Waals surface area contributed by atoms with Crippen LogP contribution < -0.4 is 0 Å². The van der Waals surface area contributed by atoms with Gasteiger partial charge >= 0.3 is 0 Å². The fourth-order valence-corrected chi connectivity index (χ4v) is 2.80. The summed E-state index contributed by atoms with van der Waals surface area (Å²) in [4.78, 5) is -0.304. The van der Waals surface area contributed by atoms with E-state index in [9.17, 15) is 0 Å². The van der Waals surface area contributed by atoms with Gasteiger partial charge in [-0.3, -0.25) is 4.67 Å². The summed E-state index contributed by atoms with van der Waals surface area (Å²) in [6.45, 7) is 8.24. The Morgan fingerprint density at radius 3 is 2.38 bits per heavy atom. The standard InChI is InChI=1S/C9H18ClN2P/c1-8(2)12(9(3,4)10)13-7-5-6-11/h8,13H,5,7H2,1-4H3. The quantitative estimate of drug-likeness (QED) is 0.308. The molecule has 0 fully saturated rings. The third-order valence-corrected chi connectivity index (χ3v) is 3.82. The van der Waals surface area contributed by atoms with Crippen LogP contribution in [-0.4, -0.2) is 21.9 Å². The molecule has 0 saturated heterocycles. The van der Waals surface area contributed by atoms with Gasteiger partial charge in [-0.05, 0) is 42.6 Å². The van der Waals surface area contributed by atoms with Crippen molar-refractivity contribution in [3.05, 3.63) is 0 Å². The van der Waals surface area contributed by atoms with Crippen LogP contribution in [0.15, 0.2) is 0 Å². The van der Waals surface area contributed by atoms with Crippen LogP contribution in [0.3, 0.4) is 0 Å². The normalized spacial score (nSPS) is 13.1. The van der Waals surface area contributed by atoms with Gasteiger partial charge in [0.25, 0.3) is 0 Å². The van der Waals surface area contributed by atoms with Crippen molar-refractivity contribution in [1.82, 2.24) is 4.67 Å². The second-order valence-electron chi connectivity index (χ2n) is 3.69. The van der Waals surface area contributed by atoms with E-state index < -0.39 is 0 Å². The number of halogens is 1. The van der Waals surface area contributed by atoms with Crippen LogP contribution in [0.4, 0.5) is 0 Å². The van der Waals surface area contributed by atoms with Crippen molar-refractivity contribution in [2.24, 2.45) is 0 Å². The van der Waals surface area contributed by atoms with Crippen LogP contribution in [0.5, 0.6) is 0 Å². The molecular weight excluding hydrogens is 203 g/mol. The molecule has 13 heavy (non-hydrogen) atoms. The summed E-state index contributed by atoms with van der Waals surface area (Å²) in [5.41, 5.74) is 0. The average molecular weight is 221 g/mol. The summed E-state index contributed by atoms with van der Waals surface area (Å²) >= 11 is 6.22. The van der Waals surface area contributed by atoms with Crippen LogP contribution >= 0.6 is 20.3 Å². The maximum atomic E-state index is 8.42. The van der Waals surface area contributed by atoms with Gasteiger partial charge in [0.1, 0.15) is 0 Å². The number of nitriles is 1. The van der Waals surface area contributed by atoms with E-state index in [1.165, 1.54) is 0 Å². The smallest absolute Gasteiger partial charge is 0.0936 e. The van der Waals surface area contributed by atoms with Gasteiger partial charge in [0, 0.05) is 12.5 Å². The molecule has 0 aliphatic rings. The van der Waals surface area contributed by atoms with E-state index in [4.69, 9.17) is 16.9 Å². The Hall–Kier alpha value is 0.170. The Morgan fingerprint density at radius 2 is 2.08 bits per heavy atom. The Kier molecular flexibility index (Phi) is 5.88. The summed E-state index contributed by atoms with van der Waals surface area (Å²) in [5, 5.41) is 8.42. The van der Waals surface area contributed by atoms with Gasteiger partial charge in [0.15, 0.2) is 0 Å². The molecule has 0 aromatic carbocycles. The van der Waals surface area contributed by atoms with Crippen LogP contribution in [0.2, 0.25) is 0 Å². The molecule has 0 bridgehead atoms. The highest BCUT2D eigenvalue weighted by atomic mass is 35.5. The lowest BCUT2D eigenvalue weighted by Crippen LogP contribution is -2.37. The van der Waals surface area contributed by atoms with Crippen LogP contribution in [-0.2, 0) is 0 Å². The minimum Gasteiger partial charge on any atom is -0.264 e. The Morgan fingerprint density at radius 1 is 1.54 bits per heavy atom. The predicted molar refractivity (Wildman–Crippen MR) is 60.3 cm³/mol. The first-order valence-corrected chi connectivity index (χ1v) is 6.01. The minimum atomic E-state index is -0.304. The SMILES string of the molecule is CC(C)N(PCCC#N)C(C)(C)Cl. The molecule has 0 radical (unpaired) electrons. The number of rotatable bonds is 5. The van der Waals surface area contributed by atoms with E-state index in [0.717, 1.165) is 6.16 Å². The van der Waals surface area contributed by atoms with E-state index in [0.29, 0.717) is 21.2 Å². The van der Waals surface area contributed by atoms with Crippen LogP contribution in [0, 0.1) is 11.3 Å². The highest BCUT2D eigenvalue weighted by molar-refractivity contribution is 7.35. The largest absolute Gasteiger partial charge is 0.264 e. The molecule has 2 nitrogen and oxygen atoms in total. The third-order valence-electron chi connectivity index (χ3n) is 1.61.